The molecule has 1 heterocycles. The fourth-order valence-electron chi connectivity index (χ4n) is 3.78. The van der Waals surface area contributed by atoms with Crippen LogP contribution in [0.1, 0.15) is 38.5 Å². The predicted octanol–water partition coefficient (Wildman–Crippen LogP) is 1.79. The fraction of sp³-hybridized carbons (Fsp3) is 0.923. The molecule has 4 heteroatoms. The summed E-state index contributed by atoms with van der Waals surface area (Å²) in [6, 6.07) is 0.221. The third kappa shape index (κ3) is 2.45. The van der Waals surface area contributed by atoms with Crippen LogP contribution >= 0.6 is 12.4 Å². The molecule has 2 saturated carbocycles. The van der Waals surface area contributed by atoms with Crippen LogP contribution in [-0.2, 0) is 4.79 Å². The van der Waals surface area contributed by atoms with Crippen molar-refractivity contribution in [2.24, 2.45) is 23.5 Å². The van der Waals surface area contributed by atoms with Crippen LogP contribution in [0.5, 0.6) is 0 Å². The number of amides is 1. The molecule has 1 saturated heterocycles. The Balaban J connectivity index is 0.00000108. The molecular weight excluding hydrogens is 236 g/mol. The van der Waals surface area contributed by atoms with Gasteiger partial charge in [0, 0.05) is 25.0 Å². The van der Waals surface area contributed by atoms with E-state index in [4.69, 9.17) is 5.73 Å². The number of nitrogens with two attached hydrogens (primary N) is 1. The van der Waals surface area contributed by atoms with E-state index in [1.54, 1.807) is 0 Å². The number of fused-ring (bicyclic) bond motifs is 1. The van der Waals surface area contributed by atoms with E-state index >= 15 is 0 Å². The Labute approximate surface area is 110 Å². The van der Waals surface area contributed by atoms with Crippen molar-refractivity contribution in [2.45, 2.75) is 44.6 Å². The summed E-state index contributed by atoms with van der Waals surface area (Å²) in [6.07, 6.45) is 7.44. The van der Waals surface area contributed by atoms with E-state index in [1.807, 2.05) is 4.90 Å². The van der Waals surface area contributed by atoms with Crippen LogP contribution in [0.25, 0.3) is 0 Å². The smallest absolute Gasteiger partial charge is 0.226 e. The average Bonchev–Trinajstić information content (AvgIpc) is 3.02. The Morgan fingerprint density at radius 3 is 2.29 bits per heavy atom. The van der Waals surface area contributed by atoms with Gasteiger partial charge in [0.1, 0.15) is 0 Å². The Kier molecular flexibility index (Phi) is 3.99. The summed E-state index contributed by atoms with van der Waals surface area (Å²) < 4.78 is 0. The molecular formula is C13H23ClN2O. The molecule has 3 nitrogen and oxygen atoms in total. The molecule has 3 rings (SSSR count). The third-order valence-corrected chi connectivity index (χ3v) is 4.71. The first-order valence-corrected chi connectivity index (χ1v) is 6.82. The van der Waals surface area contributed by atoms with Crippen LogP contribution in [0.4, 0.5) is 0 Å². The highest BCUT2D eigenvalue weighted by Crippen LogP contribution is 2.56. The molecule has 3 fully saturated rings. The molecule has 3 unspecified atom stereocenters. The van der Waals surface area contributed by atoms with E-state index in [2.05, 4.69) is 0 Å². The zero-order valence-corrected chi connectivity index (χ0v) is 11.1. The lowest BCUT2D eigenvalue weighted by Crippen LogP contribution is -2.46. The lowest BCUT2D eigenvalue weighted by molar-refractivity contribution is -0.134. The number of carbonyl (C=O) groups is 1. The Bertz CT molecular complexity index is 281. The zero-order valence-electron chi connectivity index (χ0n) is 10.3. The van der Waals surface area contributed by atoms with Crippen molar-refractivity contribution in [3.63, 3.8) is 0 Å². The average molecular weight is 259 g/mol. The first kappa shape index (κ1) is 13.2. The molecule has 0 aromatic carbocycles. The van der Waals surface area contributed by atoms with E-state index in [-0.39, 0.29) is 18.4 Å². The van der Waals surface area contributed by atoms with E-state index in [1.165, 1.54) is 25.7 Å². The highest BCUT2D eigenvalue weighted by atomic mass is 35.5. The first-order chi connectivity index (χ1) is 7.77. The number of halogens is 1. The van der Waals surface area contributed by atoms with Gasteiger partial charge in [-0.05, 0) is 37.5 Å². The van der Waals surface area contributed by atoms with Crippen molar-refractivity contribution in [2.75, 3.05) is 13.1 Å². The first-order valence-electron chi connectivity index (χ1n) is 6.82. The summed E-state index contributed by atoms with van der Waals surface area (Å²) in [6.45, 7) is 1.75. The summed E-state index contributed by atoms with van der Waals surface area (Å²) in [4.78, 5) is 14.4. The molecule has 3 aliphatic rings. The van der Waals surface area contributed by atoms with Crippen LogP contribution in [0.2, 0.25) is 0 Å². The second kappa shape index (κ2) is 5.15. The highest BCUT2D eigenvalue weighted by molar-refractivity contribution is 5.85. The van der Waals surface area contributed by atoms with Crippen molar-refractivity contribution >= 4 is 18.3 Å². The van der Waals surface area contributed by atoms with Gasteiger partial charge in [0.05, 0.1) is 0 Å². The Morgan fingerprint density at radius 2 is 1.71 bits per heavy atom. The minimum atomic E-state index is 0. The lowest BCUT2D eigenvalue weighted by Gasteiger charge is -2.31. The maximum absolute atomic E-state index is 12.3. The van der Waals surface area contributed by atoms with E-state index in [0.717, 1.165) is 37.8 Å². The number of hydrogen-bond acceptors (Lipinski definition) is 2. The SMILES string of the molecule is Cl.NC1CCCN(C(=O)C2C3CCCCC32)C1. The molecule has 2 N–H and O–H groups in total. The summed E-state index contributed by atoms with van der Waals surface area (Å²) in [5.41, 5.74) is 5.94. The van der Waals surface area contributed by atoms with Crippen LogP contribution < -0.4 is 5.73 Å². The molecule has 0 aromatic rings. The van der Waals surface area contributed by atoms with Gasteiger partial charge in [0.2, 0.25) is 5.91 Å². The van der Waals surface area contributed by atoms with Gasteiger partial charge in [0.15, 0.2) is 0 Å². The molecule has 1 aliphatic heterocycles. The molecule has 0 aromatic heterocycles. The second-order valence-electron chi connectivity index (χ2n) is 5.82. The molecule has 0 bridgehead atoms. The minimum absolute atomic E-state index is 0. The van der Waals surface area contributed by atoms with Gasteiger partial charge in [-0.25, -0.2) is 0 Å². The van der Waals surface area contributed by atoms with Crippen molar-refractivity contribution in [1.29, 1.82) is 0 Å². The van der Waals surface area contributed by atoms with Gasteiger partial charge < -0.3 is 10.6 Å². The van der Waals surface area contributed by atoms with E-state index in [0.29, 0.717) is 11.8 Å². The lowest BCUT2D eigenvalue weighted by atomic mass is 10.0. The van der Waals surface area contributed by atoms with Gasteiger partial charge >= 0.3 is 0 Å². The standard InChI is InChI=1S/C13H22N2O.ClH/c14-9-4-3-7-15(8-9)13(16)12-10-5-1-2-6-11(10)12;/h9-12H,1-8,14H2;1H. The Morgan fingerprint density at radius 1 is 1.06 bits per heavy atom. The molecule has 2 aliphatic carbocycles. The number of hydrogen-bond donors (Lipinski definition) is 1. The highest BCUT2D eigenvalue weighted by Gasteiger charge is 2.55. The summed E-state index contributed by atoms with van der Waals surface area (Å²) in [5, 5.41) is 0. The summed E-state index contributed by atoms with van der Waals surface area (Å²) in [7, 11) is 0. The largest absolute Gasteiger partial charge is 0.341 e. The van der Waals surface area contributed by atoms with Crippen LogP contribution in [-0.4, -0.2) is 29.9 Å². The van der Waals surface area contributed by atoms with Crippen LogP contribution in [0, 0.1) is 17.8 Å². The third-order valence-electron chi connectivity index (χ3n) is 4.71. The van der Waals surface area contributed by atoms with Gasteiger partial charge in [-0.3, -0.25) is 4.79 Å². The van der Waals surface area contributed by atoms with Crippen LogP contribution in [0.15, 0.2) is 0 Å². The topological polar surface area (TPSA) is 46.3 Å². The second-order valence-corrected chi connectivity index (χ2v) is 5.82. The van der Waals surface area contributed by atoms with E-state index in [9.17, 15) is 4.79 Å². The Hall–Kier alpha value is -0.280. The van der Waals surface area contributed by atoms with Crippen molar-refractivity contribution in [1.82, 2.24) is 4.90 Å². The molecule has 98 valence electrons. The number of carbonyl (C=O) groups excluding carboxylic acids is 1. The van der Waals surface area contributed by atoms with E-state index < -0.39 is 0 Å². The zero-order chi connectivity index (χ0) is 11.1. The molecule has 3 atom stereocenters. The summed E-state index contributed by atoms with van der Waals surface area (Å²) >= 11 is 0. The molecule has 1 amide bonds. The number of rotatable bonds is 1. The minimum Gasteiger partial charge on any atom is -0.341 e. The fourth-order valence-corrected chi connectivity index (χ4v) is 3.78. The van der Waals surface area contributed by atoms with Crippen molar-refractivity contribution < 1.29 is 4.79 Å². The van der Waals surface area contributed by atoms with Crippen molar-refractivity contribution in [3.05, 3.63) is 0 Å². The van der Waals surface area contributed by atoms with Crippen LogP contribution in [0.3, 0.4) is 0 Å². The number of piperidine rings is 1. The molecule has 17 heavy (non-hydrogen) atoms. The normalized spacial score (nSPS) is 40.2. The number of likely N-dealkylation sites (tertiary alicyclic amines) is 1. The molecule has 0 spiro atoms. The van der Waals surface area contributed by atoms with Gasteiger partial charge in [-0.1, -0.05) is 12.8 Å². The van der Waals surface area contributed by atoms with Gasteiger partial charge in [0.25, 0.3) is 0 Å². The van der Waals surface area contributed by atoms with Gasteiger partial charge in [-0.2, -0.15) is 0 Å². The maximum atomic E-state index is 12.3. The van der Waals surface area contributed by atoms with Gasteiger partial charge in [-0.15, -0.1) is 12.4 Å². The van der Waals surface area contributed by atoms with Crippen molar-refractivity contribution in [3.8, 4) is 0 Å². The summed E-state index contributed by atoms with van der Waals surface area (Å²) in [5.74, 6) is 2.28. The monoisotopic (exact) mass is 258 g/mol. The maximum Gasteiger partial charge on any atom is 0.226 e. The number of nitrogens with zero attached hydrogens (tertiary/aromatic N) is 1. The molecule has 0 radical (unpaired) electrons. The predicted molar refractivity (Wildman–Crippen MR) is 70.0 cm³/mol. The quantitative estimate of drug-likeness (QED) is 0.780.